The summed E-state index contributed by atoms with van der Waals surface area (Å²) in [4.78, 5) is 0. The minimum atomic E-state index is -0.137. The lowest BCUT2D eigenvalue weighted by molar-refractivity contribution is 0.107. The molecule has 1 heterocycles. The molecule has 6 unspecified atom stereocenters. The highest BCUT2D eigenvalue weighted by Gasteiger charge is 2.37. The van der Waals surface area contributed by atoms with Crippen molar-refractivity contribution < 1.29 is 5.11 Å². The molecule has 0 aromatic carbocycles. The van der Waals surface area contributed by atoms with Crippen LogP contribution < -0.4 is 0 Å². The Kier molecular flexibility index (Phi) is 7.01. The average Bonchev–Trinajstić information content (AvgIpc) is 2.66. The van der Waals surface area contributed by atoms with Crippen LogP contribution in [-0.4, -0.2) is 33.0 Å². The largest absolute Gasteiger partial charge is 0.392 e. The summed E-state index contributed by atoms with van der Waals surface area (Å²) in [7, 11) is 0. The molecule has 6 atom stereocenters. The van der Waals surface area contributed by atoms with Gasteiger partial charge in [0.2, 0.25) is 0 Å². The summed E-state index contributed by atoms with van der Waals surface area (Å²) in [6.45, 7) is 6.32. The standard InChI is InChI=1S/C13H24Cl2OS/c1-4-10-7-17-13(12(10)16)8(2)5-6-11(15)9(3)14/h8-13,16H,4-7H2,1-3H3. The Bertz CT molecular complexity index is 225. The van der Waals surface area contributed by atoms with Gasteiger partial charge in [0, 0.05) is 16.0 Å². The number of alkyl halides is 2. The van der Waals surface area contributed by atoms with Crippen LogP contribution in [0.15, 0.2) is 0 Å². The van der Waals surface area contributed by atoms with E-state index in [0.29, 0.717) is 17.1 Å². The number of aliphatic hydroxyl groups excluding tert-OH is 1. The minimum Gasteiger partial charge on any atom is -0.392 e. The second-order valence-electron chi connectivity index (χ2n) is 5.21. The Morgan fingerprint density at radius 1 is 1.29 bits per heavy atom. The van der Waals surface area contributed by atoms with E-state index in [-0.39, 0.29) is 16.9 Å². The van der Waals surface area contributed by atoms with Gasteiger partial charge in [0.1, 0.15) is 0 Å². The van der Waals surface area contributed by atoms with Crippen molar-refractivity contribution in [1.82, 2.24) is 0 Å². The van der Waals surface area contributed by atoms with Crippen LogP contribution in [0.2, 0.25) is 0 Å². The van der Waals surface area contributed by atoms with Crippen LogP contribution in [0.25, 0.3) is 0 Å². The molecule has 102 valence electrons. The number of hydrogen-bond donors (Lipinski definition) is 1. The number of aliphatic hydroxyl groups is 1. The van der Waals surface area contributed by atoms with Gasteiger partial charge in [0.05, 0.1) is 6.10 Å². The van der Waals surface area contributed by atoms with Crippen LogP contribution in [-0.2, 0) is 0 Å². The molecule has 17 heavy (non-hydrogen) atoms. The lowest BCUT2D eigenvalue weighted by atomic mass is 9.90. The van der Waals surface area contributed by atoms with Gasteiger partial charge in [0.25, 0.3) is 0 Å². The average molecular weight is 299 g/mol. The summed E-state index contributed by atoms with van der Waals surface area (Å²) < 4.78 is 0. The summed E-state index contributed by atoms with van der Waals surface area (Å²) in [5.74, 6) is 2.09. The van der Waals surface area contributed by atoms with E-state index >= 15 is 0 Å². The number of halogens is 2. The molecule has 0 amide bonds. The molecule has 0 radical (unpaired) electrons. The molecule has 0 bridgehead atoms. The van der Waals surface area contributed by atoms with E-state index in [1.165, 1.54) is 0 Å². The Labute approximate surface area is 120 Å². The molecule has 0 saturated carbocycles. The first kappa shape index (κ1) is 15.9. The molecule has 1 rings (SSSR count). The Balaban J connectivity index is 2.36. The highest BCUT2D eigenvalue weighted by molar-refractivity contribution is 8.00. The van der Waals surface area contributed by atoms with E-state index in [2.05, 4.69) is 13.8 Å². The van der Waals surface area contributed by atoms with Gasteiger partial charge >= 0.3 is 0 Å². The second-order valence-corrected chi connectivity index (χ2v) is 7.67. The quantitative estimate of drug-likeness (QED) is 0.744. The van der Waals surface area contributed by atoms with Crippen molar-refractivity contribution >= 4 is 35.0 Å². The van der Waals surface area contributed by atoms with Gasteiger partial charge in [-0.1, -0.05) is 20.3 Å². The molecule has 1 N–H and O–H groups in total. The molecular formula is C13H24Cl2OS. The molecule has 0 aromatic rings. The Hall–Kier alpha value is 0.890. The topological polar surface area (TPSA) is 20.2 Å². The van der Waals surface area contributed by atoms with Crippen LogP contribution in [0.1, 0.15) is 40.0 Å². The molecule has 1 aliphatic heterocycles. The van der Waals surface area contributed by atoms with Crippen molar-refractivity contribution in [2.24, 2.45) is 11.8 Å². The maximum Gasteiger partial charge on any atom is 0.0697 e. The lowest BCUT2D eigenvalue weighted by Crippen LogP contribution is -2.30. The number of hydrogen-bond acceptors (Lipinski definition) is 2. The van der Waals surface area contributed by atoms with Crippen LogP contribution in [0.3, 0.4) is 0 Å². The summed E-state index contributed by atoms with van der Waals surface area (Å²) in [5, 5.41) is 10.7. The molecule has 0 spiro atoms. The van der Waals surface area contributed by atoms with Crippen molar-refractivity contribution in [3.8, 4) is 0 Å². The molecule has 4 heteroatoms. The van der Waals surface area contributed by atoms with Crippen molar-refractivity contribution in [2.75, 3.05) is 5.75 Å². The lowest BCUT2D eigenvalue weighted by Gasteiger charge is -2.24. The Morgan fingerprint density at radius 3 is 2.41 bits per heavy atom. The molecule has 1 fully saturated rings. The molecule has 0 aliphatic carbocycles. The fraction of sp³-hybridized carbons (Fsp3) is 1.00. The van der Waals surface area contributed by atoms with Crippen molar-refractivity contribution in [1.29, 1.82) is 0 Å². The smallest absolute Gasteiger partial charge is 0.0697 e. The van der Waals surface area contributed by atoms with Gasteiger partial charge in [-0.3, -0.25) is 0 Å². The zero-order chi connectivity index (χ0) is 13.0. The third-order valence-electron chi connectivity index (χ3n) is 3.80. The van der Waals surface area contributed by atoms with Gasteiger partial charge in [0.15, 0.2) is 0 Å². The second kappa shape index (κ2) is 7.47. The highest BCUT2D eigenvalue weighted by Crippen LogP contribution is 2.39. The first-order valence-corrected chi connectivity index (χ1v) is 8.47. The SMILES string of the molecule is CCC1CSC(C(C)CCC(Cl)C(C)Cl)C1O. The van der Waals surface area contributed by atoms with E-state index in [1.807, 2.05) is 18.7 Å². The summed E-state index contributed by atoms with van der Waals surface area (Å²) in [5.41, 5.74) is 0. The fourth-order valence-electron chi connectivity index (χ4n) is 2.38. The monoisotopic (exact) mass is 298 g/mol. The number of rotatable bonds is 6. The minimum absolute atomic E-state index is 0.0217. The molecular weight excluding hydrogens is 275 g/mol. The van der Waals surface area contributed by atoms with Crippen molar-refractivity contribution in [3.63, 3.8) is 0 Å². The number of thioether (sulfide) groups is 1. The summed E-state index contributed by atoms with van der Waals surface area (Å²) in [6, 6.07) is 0. The first-order chi connectivity index (χ1) is 7.97. The van der Waals surface area contributed by atoms with E-state index in [1.54, 1.807) is 0 Å². The normalized spacial score (nSPS) is 34.6. The van der Waals surface area contributed by atoms with Gasteiger partial charge in [-0.15, -0.1) is 23.2 Å². The third-order valence-corrected chi connectivity index (χ3v) is 6.58. The summed E-state index contributed by atoms with van der Waals surface area (Å²) in [6.07, 6.45) is 2.93. The van der Waals surface area contributed by atoms with Crippen LogP contribution in [0.4, 0.5) is 0 Å². The first-order valence-electron chi connectivity index (χ1n) is 6.55. The predicted molar refractivity (Wildman–Crippen MR) is 79.4 cm³/mol. The van der Waals surface area contributed by atoms with E-state index in [0.717, 1.165) is 25.0 Å². The van der Waals surface area contributed by atoms with Gasteiger partial charge in [-0.05, 0) is 37.4 Å². The summed E-state index contributed by atoms with van der Waals surface area (Å²) >= 11 is 14.0. The fourth-order valence-corrected chi connectivity index (χ4v) is 4.41. The maximum atomic E-state index is 10.2. The van der Waals surface area contributed by atoms with Gasteiger partial charge in [-0.25, -0.2) is 0 Å². The zero-order valence-corrected chi connectivity index (χ0v) is 13.2. The molecule has 1 nitrogen and oxygen atoms in total. The van der Waals surface area contributed by atoms with Crippen LogP contribution in [0, 0.1) is 11.8 Å². The maximum absolute atomic E-state index is 10.2. The van der Waals surface area contributed by atoms with Crippen LogP contribution >= 0.6 is 35.0 Å². The Morgan fingerprint density at radius 2 is 1.94 bits per heavy atom. The van der Waals surface area contributed by atoms with Crippen molar-refractivity contribution in [3.05, 3.63) is 0 Å². The van der Waals surface area contributed by atoms with Gasteiger partial charge in [-0.2, -0.15) is 11.8 Å². The van der Waals surface area contributed by atoms with Gasteiger partial charge < -0.3 is 5.11 Å². The van der Waals surface area contributed by atoms with E-state index < -0.39 is 0 Å². The highest BCUT2D eigenvalue weighted by atomic mass is 35.5. The zero-order valence-electron chi connectivity index (χ0n) is 10.9. The van der Waals surface area contributed by atoms with E-state index in [9.17, 15) is 5.11 Å². The predicted octanol–water partition coefficient (Wildman–Crippen LogP) is 4.14. The van der Waals surface area contributed by atoms with Crippen molar-refractivity contribution in [2.45, 2.75) is 62.1 Å². The van der Waals surface area contributed by atoms with Crippen LogP contribution in [0.5, 0.6) is 0 Å². The van der Waals surface area contributed by atoms with E-state index in [4.69, 9.17) is 23.2 Å². The molecule has 1 aliphatic rings. The molecule has 0 aromatic heterocycles. The third kappa shape index (κ3) is 4.49. The molecule has 1 saturated heterocycles.